The van der Waals surface area contributed by atoms with Crippen molar-refractivity contribution in [2.24, 2.45) is 0 Å². The third-order valence-electron chi connectivity index (χ3n) is 4.87. The molecule has 144 valence electrons. The number of nitrogens with zero attached hydrogens (tertiary/aromatic N) is 3. The molecule has 27 heavy (non-hydrogen) atoms. The molecular weight excluding hydrogens is 380 g/mol. The highest BCUT2D eigenvalue weighted by Crippen LogP contribution is 2.25. The minimum atomic E-state index is -0.258. The van der Waals surface area contributed by atoms with Crippen molar-refractivity contribution >= 4 is 29.3 Å². The summed E-state index contributed by atoms with van der Waals surface area (Å²) in [6.45, 7) is 4.72. The quantitative estimate of drug-likeness (QED) is 0.579. The summed E-state index contributed by atoms with van der Waals surface area (Å²) >= 11 is 7.53. The summed E-state index contributed by atoms with van der Waals surface area (Å²) in [7, 11) is 0. The number of thioether (sulfide) groups is 1. The predicted octanol–water partition coefficient (Wildman–Crippen LogP) is 4.12. The summed E-state index contributed by atoms with van der Waals surface area (Å²) in [5.74, 6) is -0.258. The first-order chi connectivity index (χ1) is 13.1. The van der Waals surface area contributed by atoms with Gasteiger partial charge in [0.25, 0.3) is 5.91 Å². The van der Waals surface area contributed by atoms with E-state index in [1.165, 1.54) is 48.3 Å². The van der Waals surface area contributed by atoms with Crippen molar-refractivity contribution in [1.82, 2.24) is 20.2 Å². The zero-order valence-corrected chi connectivity index (χ0v) is 17.3. The number of halogens is 1. The van der Waals surface area contributed by atoms with E-state index in [0.717, 1.165) is 13.1 Å². The van der Waals surface area contributed by atoms with Crippen molar-refractivity contribution in [1.29, 1.82) is 0 Å². The lowest BCUT2D eigenvalue weighted by Crippen LogP contribution is -2.40. The summed E-state index contributed by atoms with van der Waals surface area (Å²) in [5, 5.41) is 3.85. The minimum Gasteiger partial charge on any atom is -0.349 e. The Balaban J connectivity index is 1.76. The second kappa shape index (κ2) is 9.53. The van der Waals surface area contributed by atoms with Gasteiger partial charge in [-0.1, -0.05) is 59.6 Å². The Kier molecular flexibility index (Phi) is 7.10. The van der Waals surface area contributed by atoms with Crippen molar-refractivity contribution in [2.45, 2.75) is 37.4 Å². The van der Waals surface area contributed by atoms with Gasteiger partial charge in [-0.2, -0.15) is 0 Å². The summed E-state index contributed by atoms with van der Waals surface area (Å²) in [6.07, 6.45) is 7.03. The molecule has 0 unspecified atom stereocenters. The van der Waals surface area contributed by atoms with Crippen molar-refractivity contribution in [3.05, 3.63) is 52.3 Å². The second-order valence-electron chi connectivity index (χ2n) is 6.79. The third-order valence-corrected chi connectivity index (χ3v) is 5.71. The van der Waals surface area contributed by atoms with Gasteiger partial charge in [0, 0.05) is 6.54 Å². The van der Waals surface area contributed by atoms with Gasteiger partial charge >= 0.3 is 0 Å². The van der Waals surface area contributed by atoms with Crippen LogP contribution in [0, 0.1) is 6.92 Å². The van der Waals surface area contributed by atoms with Gasteiger partial charge in [-0.05, 0) is 44.7 Å². The number of carbonyl (C=O) groups excluding carboxylic acids is 1. The number of carbonyl (C=O) groups is 1. The van der Waals surface area contributed by atoms with Crippen LogP contribution < -0.4 is 5.32 Å². The number of amides is 1. The van der Waals surface area contributed by atoms with Gasteiger partial charge < -0.3 is 5.32 Å². The molecule has 0 spiro atoms. The van der Waals surface area contributed by atoms with E-state index in [9.17, 15) is 4.79 Å². The molecule has 7 heteroatoms. The van der Waals surface area contributed by atoms with Crippen LogP contribution in [0.25, 0.3) is 0 Å². The maximum absolute atomic E-state index is 12.7. The Morgan fingerprint density at radius 3 is 2.63 bits per heavy atom. The Bertz CT molecular complexity index is 778. The van der Waals surface area contributed by atoms with Crippen LogP contribution in [0.4, 0.5) is 0 Å². The maximum atomic E-state index is 12.7. The molecule has 3 rings (SSSR count). The minimum absolute atomic E-state index is 0.149. The van der Waals surface area contributed by atoms with Crippen LogP contribution >= 0.6 is 23.4 Å². The first-order valence-corrected chi connectivity index (χ1v) is 10.8. The molecule has 1 N–H and O–H groups in total. The SMILES string of the molecule is CSc1ncc(Cl)c(C(=O)NC[C@H](c2ccc(C)cc2)N2CCCCC2)n1. The van der Waals surface area contributed by atoms with Gasteiger partial charge in [-0.15, -0.1) is 0 Å². The van der Waals surface area contributed by atoms with E-state index in [4.69, 9.17) is 11.6 Å². The van der Waals surface area contributed by atoms with Gasteiger partial charge in [0.1, 0.15) is 0 Å². The molecule has 1 amide bonds. The van der Waals surface area contributed by atoms with Crippen molar-refractivity contribution in [3.8, 4) is 0 Å². The van der Waals surface area contributed by atoms with Gasteiger partial charge in [-0.25, -0.2) is 9.97 Å². The monoisotopic (exact) mass is 404 g/mol. The highest BCUT2D eigenvalue weighted by atomic mass is 35.5. The Morgan fingerprint density at radius 1 is 1.26 bits per heavy atom. The van der Waals surface area contributed by atoms with Crippen LogP contribution in [0.1, 0.15) is 46.9 Å². The van der Waals surface area contributed by atoms with Crippen LogP contribution in [0.3, 0.4) is 0 Å². The summed E-state index contributed by atoms with van der Waals surface area (Å²) in [6, 6.07) is 8.71. The summed E-state index contributed by atoms with van der Waals surface area (Å²) < 4.78 is 0. The molecule has 1 aliphatic heterocycles. The number of benzene rings is 1. The van der Waals surface area contributed by atoms with E-state index in [1.807, 2.05) is 6.26 Å². The zero-order chi connectivity index (χ0) is 19.2. The van der Waals surface area contributed by atoms with Gasteiger partial charge in [0.05, 0.1) is 17.3 Å². The van der Waals surface area contributed by atoms with E-state index >= 15 is 0 Å². The number of hydrogen-bond acceptors (Lipinski definition) is 5. The molecule has 0 bridgehead atoms. The van der Waals surface area contributed by atoms with Crippen LogP contribution in [-0.4, -0.2) is 46.7 Å². The molecule has 1 aromatic heterocycles. The number of aryl methyl sites for hydroxylation is 1. The van der Waals surface area contributed by atoms with E-state index in [-0.39, 0.29) is 22.7 Å². The van der Waals surface area contributed by atoms with E-state index in [2.05, 4.69) is 51.4 Å². The molecule has 1 saturated heterocycles. The van der Waals surface area contributed by atoms with Gasteiger partial charge in [0.15, 0.2) is 10.9 Å². The number of likely N-dealkylation sites (tertiary alicyclic amines) is 1. The highest BCUT2D eigenvalue weighted by Gasteiger charge is 2.24. The third kappa shape index (κ3) is 5.21. The molecule has 1 fully saturated rings. The highest BCUT2D eigenvalue weighted by molar-refractivity contribution is 7.98. The topological polar surface area (TPSA) is 58.1 Å². The molecule has 1 aliphatic rings. The smallest absolute Gasteiger partial charge is 0.271 e. The molecule has 0 radical (unpaired) electrons. The number of aromatic nitrogens is 2. The number of hydrogen-bond donors (Lipinski definition) is 1. The average molecular weight is 405 g/mol. The molecular formula is C20H25ClN4OS. The van der Waals surface area contributed by atoms with E-state index < -0.39 is 0 Å². The Labute approximate surface area is 169 Å². The lowest BCUT2D eigenvalue weighted by molar-refractivity contribution is 0.0918. The average Bonchev–Trinajstić information content (AvgIpc) is 2.70. The standard InChI is InChI=1S/C20H25ClN4OS/c1-14-6-8-15(9-7-14)17(25-10-4-3-5-11-25)13-22-19(26)18-16(21)12-23-20(24-18)27-2/h6-9,12,17H,3-5,10-11,13H2,1-2H3,(H,22,26)/t17-/m1/s1. The molecule has 5 nitrogen and oxygen atoms in total. The van der Waals surface area contributed by atoms with Crippen LogP contribution in [0.15, 0.2) is 35.6 Å². The van der Waals surface area contributed by atoms with Gasteiger partial charge in [-0.3, -0.25) is 9.69 Å². The molecule has 0 aliphatic carbocycles. The summed E-state index contributed by atoms with van der Waals surface area (Å²) in [5.41, 5.74) is 2.69. The largest absolute Gasteiger partial charge is 0.349 e. The number of nitrogens with one attached hydrogen (secondary N) is 1. The maximum Gasteiger partial charge on any atom is 0.271 e. The molecule has 0 saturated carbocycles. The first kappa shape index (κ1) is 20.1. The van der Waals surface area contributed by atoms with E-state index in [1.54, 1.807) is 0 Å². The Morgan fingerprint density at radius 2 is 1.96 bits per heavy atom. The molecule has 2 aromatic rings. The second-order valence-corrected chi connectivity index (χ2v) is 7.97. The fourth-order valence-corrected chi connectivity index (χ4v) is 3.88. The first-order valence-electron chi connectivity index (χ1n) is 9.24. The van der Waals surface area contributed by atoms with Crippen molar-refractivity contribution in [3.63, 3.8) is 0 Å². The van der Waals surface area contributed by atoms with Crippen molar-refractivity contribution < 1.29 is 4.79 Å². The predicted molar refractivity (Wildman–Crippen MR) is 111 cm³/mol. The van der Waals surface area contributed by atoms with Crippen LogP contribution in [0.5, 0.6) is 0 Å². The lowest BCUT2D eigenvalue weighted by atomic mass is 10.0. The number of rotatable bonds is 6. The van der Waals surface area contributed by atoms with E-state index in [0.29, 0.717) is 11.7 Å². The number of piperidine rings is 1. The molecule has 2 heterocycles. The zero-order valence-electron chi connectivity index (χ0n) is 15.7. The molecule has 1 aromatic carbocycles. The fraction of sp³-hybridized carbons (Fsp3) is 0.450. The normalized spacial score (nSPS) is 16.1. The van der Waals surface area contributed by atoms with Crippen LogP contribution in [-0.2, 0) is 0 Å². The van der Waals surface area contributed by atoms with Crippen LogP contribution in [0.2, 0.25) is 5.02 Å². The lowest BCUT2D eigenvalue weighted by Gasteiger charge is -2.35. The van der Waals surface area contributed by atoms with Crippen molar-refractivity contribution in [2.75, 3.05) is 25.9 Å². The summed E-state index contributed by atoms with van der Waals surface area (Å²) in [4.78, 5) is 23.5. The molecule has 1 atom stereocenters. The fourth-order valence-electron chi connectivity index (χ4n) is 3.36. The Hall–Kier alpha value is -1.63. The van der Waals surface area contributed by atoms with Gasteiger partial charge in [0.2, 0.25) is 0 Å².